The molecule has 2 amide bonds. The molecule has 1 heterocycles. The van der Waals surface area contributed by atoms with Gasteiger partial charge >= 0.3 is 11.8 Å². The zero-order valence-corrected chi connectivity index (χ0v) is 9.28. The first-order valence-corrected chi connectivity index (χ1v) is 5.04. The summed E-state index contributed by atoms with van der Waals surface area (Å²) in [6, 6.07) is 0. The fourth-order valence-corrected chi connectivity index (χ4v) is 0.985. The van der Waals surface area contributed by atoms with Crippen molar-refractivity contribution in [3.8, 4) is 0 Å². The number of rotatable bonds is 4. The minimum atomic E-state index is -0.750. The van der Waals surface area contributed by atoms with E-state index in [0.717, 1.165) is 6.42 Å². The number of nitrogens with zero attached hydrogens (tertiary/aromatic N) is 2. The molecule has 1 aromatic rings. The molecule has 0 aliphatic rings. The van der Waals surface area contributed by atoms with E-state index < -0.39 is 11.8 Å². The van der Waals surface area contributed by atoms with Gasteiger partial charge in [0, 0.05) is 6.54 Å². The molecule has 3 N–H and O–H groups in total. The van der Waals surface area contributed by atoms with Crippen LogP contribution in [0.2, 0.25) is 0 Å². The van der Waals surface area contributed by atoms with E-state index in [1.807, 2.05) is 13.8 Å². The zero-order chi connectivity index (χ0) is 12.0. The van der Waals surface area contributed by atoms with Gasteiger partial charge < -0.3 is 5.32 Å². The molecule has 88 valence electrons. The van der Waals surface area contributed by atoms with Gasteiger partial charge in [0.25, 0.3) is 0 Å². The molecule has 0 bridgehead atoms. The highest BCUT2D eigenvalue weighted by molar-refractivity contribution is 6.39. The second-order valence-electron chi connectivity index (χ2n) is 3.73. The largest absolute Gasteiger partial charge is 0.348 e. The van der Waals surface area contributed by atoms with Gasteiger partial charge in [-0.05, 0) is 12.3 Å². The molecule has 0 atom stereocenters. The number of carbonyl (C=O) groups is 2. The van der Waals surface area contributed by atoms with E-state index in [2.05, 4.69) is 25.8 Å². The summed E-state index contributed by atoms with van der Waals surface area (Å²) in [4.78, 5) is 26.2. The molecule has 0 saturated carbocycles. The summed E-state index contributed by atoms with van der Waals surface area (Å²) in [5.74, 6) is -0.779. The smallest absolute Gasteiger partial charge is 0.316 e. The zero-order valence-electron chi connectivity index (χ0n) is 9.28. The third-order valence-electron chi connectivity index (χ3n) is 1.86. The standard InChI is InChI=1S/C9H15N5O2/c1-6(2)3-4-10-7(15)8(16)13-9-11-5-12-14-9/h5-6H,3-4H2,1-2H3,(H,10,15)(H2,11,12,13,14,16). The molecule has 0 fully saturated rings. The maximum atomic E-state index is 11.3. The van der Waals surface area contributed by atoms with Crippen LogP contribution in [0, 0.1) is 5.92 Å². The number of amides is 2. The van der Waals surface area contributed by atoms with Crippen LogP contribution in [0.4, 0.5) is 5.95 Å². The summed E-state index contributed by atoms with van der Waals surface area (Å²) in [7, 11) is 0. The van der Waals surface area contributed by atoms with Gasteiger partial charge in [-0.2, -0.15) is 10.1 Å². The van der Waals surface area contributed by atoms with Gasteiger partial charge in [0.2, 0.25) is 5.95 Å². The van der Waals surface area contributed by atoms with Gasteiger partial charge in [0.15, 0.2) is 0 Å². The molecule has 0 aromatic carbocycles. The number of H-pyrrole nitrogens is 1. The monoisotopic (exact) mass is 225 g/mol. The van der Waals surface area contributed by atoms with Crippen molar-refractivity contribution in [3.63, 3.8) is 0 Å². The summed E-state index contributed by atoms with van der Waals surface area (Å²) in [5.41, 5.74) is 0. The predicted molar refractivity (Wildman–Crippen MR) is 57.5 cm³/mol. The lowest BCUT2D eigenvalue weighted by Crippen LogP contribution is -2.36. The normalized spacial score (nSPS) is 10.2. The lowest BCUT2D eigenvalue weighted by Gasteiger charge is -2.06. The van der Waals surface area contributed by atoms with Gasteiger partial charge in [-0.25, -0.2) is 5.10 Å². The van der Waals surface area contributed by atoms with Gasteiger partial charge in [-0.1, -0.05) is 13.8 Å². The first kappa shape index (κ1) is 12.2. The Morgan fingerprint density at radius 1 is 1.44 bits per heavy atom. The Hall–Kier alpha value is -1.92. The minimum Gasteiger partial charge on any atom is -0.348 e. The highest BCUT2D eigenvalue weighted by Crippen LogP contribution is 1.96. The first-order chi connectivity index (χ1) is 7.59. The number of carbonyl (C=O) groups excluding carboxylic acids is 2. The number of anilines is 1. The van der Waals surface area contributed by atoms with Gasteiger partial charge in [0.1, 0.15) is 6.33 Å². The van der Waals surface area contributed by atoms with E-state index >= 15 is 0 Å². The molecule has 0 saturated heterocycles. The number of hydrogen-bond donors (Lipinski definition) is 3. The van der Waals surface area contributed by atoms with Crippen molar-refractivity contribution in [1.82, 2.24) is 20.5 Å². The fourth-order valence-electron chi connectivity index (χ4n) is 0.985. The van der Waals surface area contributed by atoms with Crippen molar-refractivity contribution >= 4 is 17.8 Å². The number of aromatic nitrogens is 3. The summed E-state index contributed by atoms with van der Waals surface area (Å²) in [5, 5.41) is 10.8. The topological polar surface area (TPSA) is 99.8 Å². The van der Waals surface area contributed by atoms with Crippen LogP contribution in [-0.4, -0.2) is 33.5 Å². The van der Waals surface area contributed by atoms with Crippen molar-refractivity contribution in [1.29, 1.82) is 0 Å². The van der Waals surface area contributed by atoms with E-state index in [1.165, 1.54) is 6.33 Å². The Balaban J connectivity index is 2.28. The molecule has 7 heteroatoms. The number of hydrogen-bond acceptors (Lipinski definition) is 4. The predicted octanol–water partition coefficient (Wildman–Crippen LogP) is -0.0945. The van der Waals surface area contributed by atoms with Gasteiger partial charge in [-0.15, -0.1) is 0 Å². The molecule has 1 aromatic heterocycles. The van der Waals surface area contributed by atoms with Crippen molar-refractivity contribution in [2.75, 3.05) is 11.9 Å². The molecule has 16 heavy (non-hydrogen) atoms. The van der Waals surface area contributed by atoms with Crippen LogP contribution in [0.15, 0.2) is 6.33 Å². The highest BCUT2D eigenvalue weighted by atomic mass is 16.2. The van der Waals surface area contributed by atoms with E-state index in [1.54, 1.807) is 0 Å². The Labute approximate surface area is 93.0 Å². The Morgan fingerprint density at radius 2 is 2.19 bits per heavy atom. The second kappa shape index (κ2) is 5.84. The quantitative estimate of drug-likeness (QED) is 0.623. The van der Waals surface area contributed by atoms with E-state index in [9.17, 15) is 9.59 Å². The Bertz CT molecular complexity index is 347. The molecule has 0 spiro atoms. The van der Waals surface area contributed by atoms with Crippen LogP contribution in [0.1, 0.15) is 20.3 Å². The minimum absolute atomic E-state index is 0.156. The van der Waals surface area contributed by atoms with Crippen molar-refractivity contribution in [2.24, 2.45) is 5.92 Å². The molecule has 7 nitrogen and oxygen atoms in total. The maximum absolute atomic E-state index is 11.3. The van der Waals surface area contributed by atoms with E-state index in [4.69, 9.17) is 0 Å². The molecular formula is C9H15N5O2. The fraction of sp³-hybridized carbons (Fsp3) is 0.556. The Morgan fingerprint density at radius 3 is 2.75 bits per heavy atom. The second-order valence-corrected chi connectivity index (χ2v) is 3.73. The summed E-state index contributed by atoms with van der Waals surface area (Å²) in [6.07, 6.45) is 2.08. The van der Waals surface area contributed by atoms with Crippen molar-refractivity contribution in [2.45, 2.75) is 20.3 Å². The number of aromatic amines is 1. The third kappa shape index (κ3) is 4.07. The van der Waals surface area contributed by atoms with Crippen LogP contribution >= 0.6 is 0 Å². The molecule has 0 aliphatic heterocycles. The van der Waals surface area contributed by atoms with Crippen LogP contribution in [0.5, 0.6) is 0 Å². The summed E-state index contributed by atoms with van der Waals surface area (Å²) < 4.78 is 0. The lowest BCUT2D eigenvalue weighted by molar-refractivity contribution is -0.136. The van der Waals surface area contributed by atoms with E-state index in [-0.39, 0.29) is 5.95 Å². The third-order valence-corrected chi connectivity index (χ3v) is 1.86. The molecule has 1 rings (SSSR count). The van der Waals surface area contributed by atoms with Crippen LogP contribution in [0.3, 0.4) is 0 Å². The van der Waals surface area contributed by atoms with Gasteiger partial charge in [0.05, 0.1) is 0 Å². The molecule has 0 aliphatic carbocycles. The highest BCUT2D eigenvalue weighted by Gasteiger charge is 2.14. The average molecular weight is 225 g/mol. The maximum Gasteiger partial charge on any atom is 0.316 e. The van der Waals surface area contributed by atoms with Crippen molar-refractivity contribution < 1.29 is 9.59 Å². The van der Waals surface area contributed by atoms with Crippen LogP contribution in [-0.2, 0) is 9.59 Å². The lowest BCUT2D eigenvalue weighted by atomic mass is 10.1. The Kier molecular flexibility index (Phi) is 4.43. The van der Waals surface area contributed by atoms with Crippen molar-refractivity contribution in [3.05, 3.63) is 6.33 Å². The summed E-state index contributed by atoms with van der Waals surface area (Å²) in [6.45, 7) is 4.57. The summed E-state index contributed by atoms with van der Waals surface area (Å²) >= 11 is 0. The number of nitrogens with one attached hydrogen (secondary N) is 3. The first-order valence-electron chi connectivity index (χ1n) is 5.04. The SMILES string of the molecule is CC(C)CCNC(=O)C(=O)Nc1ncn[nH]1. The molecule has 0 radical (unpaired) electrons. The van der Waals surface area contributed by atoms with Crippen LogP contribution in [0.25, 0.3) is 0 Å². The van der Waals surface area contributed by atoms with E-state index in [0.29, 0.717) is 12.5 Å². The average Bonchev–Trinajstić information content (AvgIpc) is 2.69. The molecule has 0 unspecified atom stereocenters. The van der Waals surface area contributed by atoms with Gasteiger partial charge in [-0.3, -0.25) is 14.9 Å². The van der Waals surface area contributed by atoms with Crippen LogP contribution < -0.4 is 10.6 Å². The molecular weight excluding hydrogens is 210 g/mol.